The largest absolute Gasteiger partial charge is 0.488 e. The van der Waals surface area contributed by atoms with Gasteiger partial charge in [-0.3, -0.25) is 9.59 Å². The van der Waals surface area contributed by atoms with Gasteiger partial charge in [0.15, 0.2) is 17.4 Å². The van der Waals surface area contributed by atoms with E-state index in [1.807, 2.05) is 53.4 Å². The van der Waals surface area contributed by atoms with E-state index < -0.39 is 23.2 Å². The van der Waals surface area contributed by atoms with Crippen LogP contribution in [0.25, 0.3) is 5.57 Å². The number of aryl methyl sites for hydroxylation is 1. The van der Waals surface area contributed by atoms with Gasteiger partial charge >= 0.3 is 0 Å². The van der Waals surface area contributed by atoms with Crippen LogP contribution in [0.1, 0.15) is 42.4 Å². The van der Waals surface area contributed by atoms with E-state index in [-0.39, 0.29) is 25.0 Å². The third-order valence-corrected chi connectivity index (χ3v) is 7.36. The van der Waals surface area contributed by atoms with Gasteiger partial charge in [-0.25, -0.2) is 8.78 Å². The number of carbonyl (C=O) groups excluding carboxylic acids is 1. The molecule has 0 spiro atoms. The van der Waals surface area contributed by atoms with Gasteiger partial charge in [-0.2, -0.15) is 4.39 Å². The number of carbonyl (C=O) groups is 2. The molecule has 0 radical (unpaired) electrons. The quantitative estimate of drug-likeness (QED) is 0.160. The fraction of sp³-hybridized carbons (Fsp3) is 0.312. The Kier molecular flexibility index (Phi) is 11.0. The number of nitrogens with zero attached hydrogens (tertiary/aromatic N) is 1. The molecule has 0 unspecified atom stereocenters. The molecule has 1 aliphatic carbocycles. The molecule has 6 nitrogen and oxygen atoms in total. The van der Waals surface area contributed by atoms with E-state index in [9.17, 15) is 18.0 Å². The van der Waals surface area contributed by atoms with Crippen LogP contribution >= 0.6 is 11.6 Å². The van der Waals surface area contributed by atoms with E-state index in [0.717, 1.165) is 65.8 Å². The van der Waals surface area contributed by atoms with Crippen LogP contribution in [0.5, 0.6) is 5.75 Å². The van der Waals surface area contributed by atoms with Crippen LogP contribution in [-0.2, 0) is 22.6 Å². The Labute approximate surface area is 247 Å². The summed E-state index contributed by atoms with van der Waals surface area (Å²) in [7, 11) is 0. The van der Waals surface area contributed by atoms with Crippen LogP contribution in [0.3, 0.4) is 0 Å². The summed E-state index contributed by atoms with van der Waals surface area (Å²) in [5, 5.41) is 10.9. The molecule has 2 aliphatic rings. The highest BCUT2D eigenvalue weighted by Gasteiger charge is 2.35. The molecular weight excluding hydrogens is 569 g/mol. The van der Waals surface area contributed by atoms with Crippen molar-refractivity contribution in [2.45, 2.75) is 44.7 Å². The Bertz CT molecular complexity index is 1430. The van der Waals surface area contributed by atoms with Gasteiger partial charge in [0.25, 0.3) is 12.4 Å². The molecule has 3 aromatic rings. The molecular formula is C32H32ClF3N2O4. The SMILES string of the molecule is O=C(C1=C(c2ccc(CCCOc3c(F)ccc(F)c3F)cc2)CCNC1)N(Cc1cccc(Cl)c1)C1CC1.O=CO. The minimum absolute atomic E-state index is 0.0537. The van der Waals surface area contributed by atoms with E-state index in [0.29, 0.717) is 31.0 Å². The predicted molar refractivity (Wildman–Crippen MR) is 155 cm³/mol. The summed E-state index contributed by atoms with van der Waals surface area (Å²) in [5.74, 6) is -4.00. The molecule has 3 aromatic carbocycles. The summed E-state index contributed by atoms with van der Waals surface area (Å²) >= 11 is 6.18. The average molecular weight is 601 g/mol. The van der Waals surface area contributed by atoms with Gasteiger partial charge in [-0.15, -0.1) is 0 Å². The molecule has 10 heteroatoms. The maximum absolute atomic E-state index is 13.8. The first-order chi connectivity index (χ1) is 20.3. The van der Waals surface area contributed by atoms with Crippen LogP contribution in [-0.4, -0.2) is 48.1 Å². The first-order valence-electron chi connectivity index (χ1n) is 13.7. The Morgan fingerprint density at radius 1 is 1.05 bits per heavy atom. The first kappa shape index (κ1) is 31.1. The fourth-order valence-corrected chi connectivity index (χ4v) is 5.14. The number of ether oxygens (including phenoxy) is 1. The highest BCUT2D eigenvalue weighted by Crippen LogP contribution is 2.33. The Hall–Kier alpha value is -3.82. The normalized spacial score (nSPS) is 14.6. The highest BCUT2D eigenvalue weighted by molar-refractivity contribution is 6.30. The second kappa shape index (κ2) is 14.9. The smallest absolute Gasteiger partial charge is 0.290 e. The van der Waals surface area contributed by atoms with Crippen molar-refractivity contribution in [3.05, 3.63) is 105 Å². The monoisotopic (exact) mass is 600 g/mol. The van der Waals surface area contributed by atoms with Crippen LogP contribution in [0.2, 0.25) is 5.02 Å². The number of halogens is 4. The summed E-state index contributed by atoms with van der Waals surface area (Å²) in [6, 6.07) is 17.5. The topological polar surface area (TPSA) is 78.9 Å². The number of hydrogen-bond acceptors (Lipinski definition) is 4. The number of amides is 1. The molecule has 2 N–H and O–H groups in total. The lowest BCUT2D eigenvalue weighted by Crippen LogP contribution is -2.39. The minimum atomic E-state index is -1.31. The number of nitrogens with one attached hydrogen (secondary N) is 1. The second-order valence-electron chi connectivity index (χ2n) is 10.1. The van der Waals surface area contributed by atoms with Gasteiger partial charge in [0.1, 0.15) is 0 Å². The molecule has 0 bridgehead atoms. The summed E-state index contributed by atoms with van der Waals surface area (Å²) in [4.78, 5) is 24.1. The lowest BCUT2D eigenvalue weighted by atomic mass is 9.92. The Balaban J connectivity index is 0.00000129. The molecule has 1 saturated carbocycles. The zero-order chi connectivity index (χ0) is 30.1. The number of carboxylic acid groups (broad SMARTS) is 1. The molecule has 1 amide bonds. The van der Waals surface area contributed by atoms with Gasteiger partial charge in [-0.05, 0) is 85.2 Å². The van der Waals surface area contributed by atoms with E-state index >= 15 is 0 Å². The van der Waals surface area contributed by atoms with E-state index in [4.69, 9.17) is 26.2 Å². The van der Waals surface area contributed by atoms with Crippen molar-refractivity contribution in [1.82, 2.24) is 10.2 Å². The van der Waals surface area contributed by atoms with Gasteiger partial charge in [0.2, 0.25) is 5.82 Å². The molecule has 1 fully saturated rings. The molecule has 222 valence electrons. The van der Waals surface area contributed by atoms with Crippen molar-refractivity contribution in [2.75, 3.05) is 19.7 Å². The average Bonchev–Trinajstić information content (AvgIpc) is 3.84. The van der Waals surface area contributed by atoms with Gasteiger partial charge < -0.3 is 20.1 Å². The lowest BCUT2D eigenvalue weighted by molar-refractivity contribution is -0.128. The van der Waals surface area contributed by atoms with Gasteiger partial charge in [0, 0.05) is 29.7 Å². The zero-order valence-electron chi connectivity index (χ0n) is 22.9. The molecule has 1 heterocycles. The van der Waals surface area contributed by atoms with Crippen LogP contribution in [0.15, 0.2) is 66.2 Å². The minimum Gasteiger partial charge on any atom is -0.488 e. The fourth-order valence-electron chi connectivity index (χ4n) is 4.93. The third-order valence-electron chi connectivity index (χ3n) is 7.13. The van der Waals surface area contributed by atoms with Crippen molar-refractivity contribution in [2.24, 2.45) is 0 Å². The zero-order valence-corrected chi connectivity index (χ0v) is 23.7. The van der Waals surface area contributed by atoms with Gasteiger partial charge in [0.05, 0.1) is 6.61 Å². The van der Waals surface area contributed by atoms with Crippen molar-refractivity contribution in [3.8, 4) is 5.75 Å². The lowest BCUT2D eigenvalue weighted by Gasteiger charge is -2.28. The van der Waals surface area contributed by atoms with Crippen LogP contribution in [0.4, 0.5) is 13.2 Å². The van der Waals surface area contributed by atoms with Crippen molar-refractivity contribution in [1.29, 1.82) is 0 Å². The standard InChI is InChI=1S/C31H30ClF3N2O2.CH2O2/c32-23-5-1-3-21(17-23)19-37(24-10-11-24)31(38)26-18-36-15-14-25(26)22-8-6-20(7-9-22)4-2-16-39-30-28(34)13-12-27(33)29(30)35;2-1-3/h1,3,5-9,12-13,17,24,36H,2,4,10-11,14-16,18-19H2;1H,(H,2,3). The molecule has 5 rings (SSSR count). The Morgan fingerprint density at radius 2 is 1.76 bits per heavy atom. The molecule has 0 atom stereocenters. The molecule has 1 aliphatic heterocycles. The van der Waals surface area contributed by atoms with E-state index in [1.54, 1.807) is 0 Å². The van der Waals surface area contributed by atoms with Crippen molar-refractivity contribution in [3.63, 3.8) is 0 Å². The second-order valence-corrected chi connectivity index (χ2v) is 10.5. The maximum atomic E-state index is 13.8. The summed E-state index contributed by atoms with van der Waals surface area (Å²) in [5.41, 5.74) is 4.93. The Morgan fingerprint density at radius 3 is 2.45 bits per heavy atom. The number of hydrogen-bond donors (Lipinski definition) is 2. The first-order valence-corrected chi connectivity index (χ1v) is 14.1. The number of rotatable bonds is 10. The molecule has 0 saturated heterocycles. The van der Waals surface area contributed by atoms with E-state index in [1.165, 1.54) is 0 Å². The van der Waals surface area contributed by atoms with Crippen molar-refractivity contribution >= 4 is 29.6 Å². The molecule has 0 aromatic heterocycles. The molecule has 42 heavy (non-hydrogen) atoms. The number of benzene rings is 3. The summed E-state index contributed by atoms with van der Waals surface area (Å²) in [6.07, 6.45) is 3.92. The predicted octanol–water partition coefficient (Wildman–Crippen LogP) is 6.41. The van der Waals surface area contributed by atoms with Crippen molar-refractivity contribution < 1.29 is 32.6 Å². The maximum Gasteiger partial charge on any atom is 0.290 e. The van der Waals surface area contributed by atoms with Crippen LogP contribution in [0, 0.1) is 17.5 Å². The van der Waals surface area contributed by atoms with E-state index in [2.05, 4.69) is 5.32 Å². The summed E-state index contributed by atoms with van der Waals surface area (Å²) < 4.78 is 46.0. The van der Waals surface area contributed by atoms with Gasteiger partial charge in [-0.1, -0.05) is 48.0 Å². The summed E-state index contributed by atoms with van der Waals surface area (Å²) in [6.45, 7) is 1.67. The third kappa shape index (κ3) is 8.14. The van der Waals surface area contributed by atoms with Crippen LogP contribution < -0.4 is 10.1 Å². The highest BCUT2D eigenvalue weighted by atomic mass is 35.5.